The Hall–Kier alpha value is -2.14. The first kappa shape index (κ1) is 15.3. The lowest BCUT2D eigenvalue weighted by atomic mass is 10.1. The second-order valence-electron chi connectivity index (χ2n) is 5.06. The minimum atomic E-state index is -0.144. The number of carbonyl (C=O) groups is 1. The number of hydrogen-bond acceptors (Lipinski definition) is 3. The highest BCUT2D eigenvalue weighted by Crippen LogP contribution is 2.16. The molecule has 1 heterocycles. The number of amides is 1. The van der Waals surface area contributed by atoms with Gasteiger partial charge >= 0.3 is 0 Å². The average Bonchev–Trinajstić information content (AvgIpc) is 2.97. The first-order chi connectivity index (χ1) is 10.2. The summed E-state index contributed by atoms with van der Waals surface area (Å²) in [6, 6.07) is 11.5. The summed E-state index contributed by atoms with van der Waals surface area (Å²) in [7, 11) is 0. The van der Waals surface area contributed by atoms with Crippen molar-refractivity contribution < 1.29 is 9.53 Å². The zero-order valence-electron chi connectivity index (χ0n) is 12.4. The van der Waals surface area contributed by atoms with Gasteiger partial charge in [-0.1, -0.05) is 30.3 Å². The molecule has 2 N–H and O–H groups in total. The molecule has 1 aromatic heterocycles. The molecule has 5 nitrogen and oxygen atoms in total. The summed E-state index contributed by atoms with van der Waals surface area (Å²) in [5.41, 5.74) is 2.22. The summed E-state index contributed by atoms with van der Waals surface area (Å²) < 4.78 is 5.42. The third kappa shape index (κ3) is 4.72. The van der Waals surface area contributed by atoms with Crippen LogP contribution in [0.5, 0.6) is 0 Å². The van der Waals surface area contributed by atoms with E-state index in [1.807, 2.05) is 44.2 Å². The highest BCUT2D eigenvalue weighted by atomic mass is 16.5. The number of aromatic amines is 1. The van der Waals surface area contributed by atoms with Crippen molar-refractivity contribution in [1.82, 2.24) is 15.5 Å². The van der Waals surface area contributed by atoms with Gasteiger partial charge in [0, 0.05) is 18.7 Å². The van der Waals surface area contributed by atoms with Crippen LogP contribution in [-0.2, 0) is 4.74 Å². The molecular formula is C16H21N3O2. The topological polar surface area (TPSA) is 67.0 Å². The van der Waals surface area contributed by atoms with Crippen LogP contribution in [0.3, 0.4) is 0 Å². The summed E-state index contributed by atoms with van der Waals surface area (Å²) in [5.74, 6) is -0.144. The molecule has 0 spiro atoms. The van der Waals surface area contributed by atoms with E-state index in [1.54, 1.807) is 6.07 Å². The van der Waals surface area contributed by atoms with Gasteiger partial charge in [0.15, 0.2) is 0 Å². The smallest absolute Gasteiger partial charge is 0.269 e. The zero-order chi connectivity index (χ0) is 15.1. The van der Waals surface area contributed by atoms with Crippen molar-refractivity contribution in [2.45, 2.75) is 26.4 Å². The summed E-state index contributed by atoms with van der Waals surface area (Å²) in [5, 5.41) is 9.78. The van der Waals surface area contributed by atoms with Crippen LogP contribution < -0.4 is 5.32 Å². The fourth-order valence-corrected chi connectivity index (χ4v) is 1.88. The second-order valence-corrected chi connectivity index (χ2v) is 5.06. The average molecular weight is 287 g/mol. The maximum absolute atomic E-state index is 12.0. The van der Waals surface area contributed by atoms with E-state index in [2.05, 4.69) is 15.5 Å². The highest BCUT2D eigenvalue weighted by Gasteiger charge is 2.10. The van der Waals surface area contributed by atoms with E-state index in [9.17, 15) is 4.79 Å². The van der Waals surface area contributed by atoms with Gasteiger partial charge < -0.3 is 10.1 Å². The van der Waals surface area contributed by atoms with Crippen LogP contribution in [0.2, 0.25) is 0 Å². The van der Waals surface area contributed by atoms with Gasteiger partial charge in [0.25, 0.3) is 5.91 Å². The SMILES string of the molecule is CC(C)OCCCNC(=O)c1cc(-c2ccccc2)n[nH]1. The predicted molar refractivity (Wildman–Crippen MR) is 82.1 cm³/mol. The molecule has 21 heavy (non-hydrogen) atoms. The van der Waals surface area contributed by atoms with Crippen LogP contribution in [0.4, 0.5) is 0 Å². The highest BCUT2D eigenvalue weighted by molar-refractivity contribution is 5.93. The van der Waals surface area contributed by atoms with E-state index in [1.165, 1.54) is 0 Å². The van der Waals surface area contributed by atoms with Crippen LogP contribution in [0, 0.1) is 0 Å². The molecule has 0 unspecified atom stereocenters. The minimum absolute atomic E-state index is 0.144. The minimum Gasteiger partial charge on any atom is -0.379 e. The van der Waals surface area contributed by atoms with Gasteiger partial charge in [0.05, 0.1) is 11.8 Å². The molecule has 5 heteroatoms. The van der Waals surface area contributed by atoms with Gasteiger partial charge in [-0.25, -0.2) is 0 Å². The molecule has 2 aromatic rings. The lowest BCUT2D eigenvalue weighted by molar-refractivity contribution is 0.0756. The maximum atomic E-state index is 12.0. The number of benzene rings is 1. The lowest BCUT2D eigenvalue weighted by Crippen LogP contribution is -2.25. The Morgan fingerprint density at radius 1 is 1.33 bits per heavy atom. The van der Waals surface area contributed by atoms with E-state index in [0.717, 1.165) is 17.7 Å². The maximum Gasteiger partial charge on any atom is 0.269 e. The molecule has 1 amide bonds. The van der Waals surface area contributed by atoms with Gasteiger partial charge in [-0.3, -0.25) is 9.89 Å². The Morgan fingerprint density at radius 2 is 2.10 bits per heavy atom. The predicted octanol–water partition coefficient (Wildman–Crippen LogP) is 2.62. The molecule has 0 aliphatic heterocycles. The third-order valence-electron chi connectivity index (χ3n) is 2.95. The lowest BCUT2D eigenvalue weighted by Gasteiger charge is -2.07. The monoisotopic (exact) mass is 287 g/mol. The van der Waals surface area contributed by atoms with Crippen molar-refractivity contribution in [3.05, 3.63) is 42.1 Å². The number of rotatable bonds is 7. The number of nitrogens with zero attached hydrogens (tertiary/aromatic N) is 1. The van der Waals surface area contributed by atoms with Crippen molar-refractivity contribution in [1.29, 1.82) is 0 Å². The molecule has 0 saturated heterocycles. The van der Waals surface area contributed by atoms with Gasteiger partial charge in [0.1, 0.15) is 5.69 Å². The van der Waals surface area contributed by atoms with Crippen molar-refractivity contribution >= 4 is 5.91 Å². The normalized spacial score (nSPS) is 10.8. The van der Waals surface area contributed by atoms with E-state index in [-0.39, 0.29) is 12.0 Å². The van der Waals surface area contributed by atoms with Crippen molar-refractivity contribution in [3.8, 4) is 11.3 Å². The fraction of sp³-hybridized carbons (Fsp3) is 0.375. The Labute approximate surface area is 124 Å². The largest absolute Gasteiger partial charge is 0.379 e. The summed E-state index contributed by atoms with van der Waals surface area (Å²) in [6.07, 6.45) is 1.02. The van der Waals surface area contributed by atoms with E-state index in [0.29, 0.717) is 18.8 Å². The van der Waals surface area contributed by atoms with Crippen LogP contribution in [0.1, 0.15) is 30.8 Å². The van der Waals surface area contributed by atoms with Crippen molar-refractivity contribution in [2.75, 3.05) is 13.2 Å². The van der Waals surface area contributed by atoms with Crippen molar-refractivity contribution in [2.24, 2.45) is 0 Å². The van der Waals surface area contributed by atoms with E-state index in [4.69, 9.17) is 4.74 Å². The van der Waals surface area contributed by atoms with Crippen LogP contribution >= 0.6 is 0 Å². The molecule has 0 atom stereocenters. The summed E-state index contributed by atoms with van der Waals surface area (Å²) >= 11 is 0. The molecule has 0 bridgehead atoms. The molecular weight excluding hydrogens is 266 g/mol. The number of nitrogens with one attached hydrogen (secondary N) is 2. The molecule has 112 valence electrons. The quantitative estimate of drug-likeness (QED) is 0.769. The number of H-pyrrole nitrogens is 1. The molecule has 2 rings (SSSR count). The first-order valence-corrected chi connectivity index (χ1v) is 7.17. The van der Waals surface area contributed by atoms with Gasteiger partial charge in [-0.15, -0.1) is 0 Å². The fourth-order valence-electron chi connectivity index (χ4n) is 1.88. The molecule has 0 aliphatic rings. The number of ether oxygens (including phenoxy) is 1. The number of aromatic nitrogens is 2. The Bertz CT molecular complexity index is 564. The standard InChI is InChI=1S/C16H21N3O2/c1-12(2)21-10-6-9-17-16(20)15-11-14(18-19-15)13-7-4-3-5-8-13/h3-5,7-8,11-12H,6,9-10H2,1-2H3,(H,17,20)(H,18,19). The Kier molecular flexibility index (Phi) is 5.51. The third-order valence-corrected chi connectivity index (χ3v) is 2.95. The first-order valence-electron chi connectivity index (χ1n) is 7.17. The Morgan fingerprint density at radius 3 is 2.81 bits per heavy atom. The van der Waals surface area contributed by atoms with Crippen LogP contribution in [0.15, 0.2) is 36.4 Å². The van der Waals surface area contributed by atoms with Crippen LogP contribution in [-0.4, -0.2) is 35.4 Å². The Balaban J connectivity index is 1.82. The molecule has 0 radical (unpaired) electrons. The van der Waals surface area contributed by atoms with Gasteiger partial charge in [0.2, 0.25) is 0 Å². The van der Waals surface area contributed by atoms with Crippen molar-refractivity contribution in [3.63, 3.8) is 0 Å². The number of hydrogen-bond donors (Lipinski definition) is 2. The molecule has 0 aliphatic carbocycles. The molecule has 0 saturated carbocycles. The second kappa shape index (κ2) is 7.59. The van der Waals surface area contributed by atoms with E-state index < -0.39 is 0 Å². The van der Waals surface area contributed by atoms with Gasteiger partial charge in [-0.05, 0) is 26.3 Å². The molecule has 0 fully saturated rings. The number of carbonyl (C=O) groups excluding carboxylic acids is 1. The zero-order valence-corrected chi connectivity index (χ0v) is 12.4. The van der Waals surface area contributed by atoms with E-state index >= 15 is 0 Å². The summed E-state index contributed by atoms with van der Waals surface area (Å²) in [4.78, 5) is 12.0. The summed E-state index contributed by atoms with van der Waals surface area (Å²) in [6.45, 7) is 5.23. The van der Waals surface area contributed by atoms with Gasteiger partial charge in [-0.2, -0.15) is 5.10 Å². The van der Waals surface area contributed by atoms with Crippen LogP contribution in [0.25, 0.3) is 11.3 Å². The molecule has 1 aromatic carbocycles.